The average Bonchev–Trinajstić information content (AvgIpc) is 1.67. The highest BCUT2D eigenvalue weighted by Gasteiger charge is 1.97. The summed E-state index contributed by atoms with van der Waals surface area (Å²) < 4.78 is 0. The summed E-state index contributed by atoms with van der Waals surface area (Å²) in [6.45, 7) is 1.51. The van der Waals surface area contributed by atoms with Gasteiger partial charge in [0, 0.05) is 14.0 Å². The Hall–Kier alpha value is -0.220. The Morgan fingerprint density at radius 3 is 2.50 bits per heavy atom. The van der Waals surface area contributed by atoms with Crippen molar-refractivity contribution in [3.05, 3.63) is 0 Å². The van der Waals surface area contributed by atoms with Crippen LogP contribution >= 0.6 is 11.9 Å². The van der Waals surface area contributed by atoms with Crippen molar-refractivity contribution in [1.29, 1.82) is 0 Å². The molecule has 3 nitrogen and oxygen atoms in total. The van der Waals surface area contributed by atoms with Gasteiger partial charge in [-0.05, 0) is 0 Å². The standard InChI is InChI=1S/C4H10N2OS/c1-4(7)6(2)3-8-5/h3,5H2,1-2H3. The van der Waals surface area contributed by atoms with Gasteiger partial charge >= 0.3 is 0 Å². The fourth-order valence-electron chi connectivity index (χ4n) is 0.203. The predicted molar refractivity (Wildman–Crippen MR) is 35.1 cm³/mol. The van der Waals surface area contributed by atoms with Crippen LogP contribution in [0.3, 0.4) is 0 Å². The molecule has 0 unspecified atom stereocenters. The number of carbonyl (C=O) groups is 1. The van der Waals surface area contributed by atoms with E-state index >= 15 is 0 Å². The molecule has 0 saturated heterocycles. The van der Waals surface area contributed by atoms with E-state index in [0.29, 0.717) is 5.88 Å². The summed E-state index contributed by atoms with van der Waals surface area (Å²) in [6.07, 6.45) is 0. The van der Waals surface area contributed by atoms with Crippen LogP contribution in [0.15, 0.2) is 0 Å². The highest BCUT2D eigenvalue weighted by molar-refractivity contribution is 7.97. The lowest BCUT2D eigenvalue weighted by Crippen LogP contribution is -2.23. The van der Waals surface area contributed by atoms with E-state index in [9.17, 15) is 4.79 Å². The van der Waals surface area contributed by atoms with Gasteiger partial charge in [-0.1, -0.05) is 11.9 Å². The van der Waals surface area contributed by atoms with Crippen LogP contribution in [0.2, 0.25) is 0 Å². The number of nitrogens with zero attached hydrogens (tertiary/aromatic N) is 1. The molecular formula is C4H10N2OS. The zero-order chi connectivity index (χ0) is 6.57. The second-order valence-electron chi connectivity index (χ2n) is 1.51. The first kappa shape index (κ1) is 7.78. The van der Waals surface area contributed by atoms with Crippen LogP contribution in [-0.4, -0.2) is 23.7 Å². The van der Waals surface area contributed by atoms with Crippen molar-refractivity contribution in [2.24, 2.45) is 5.14 Å². The smallest absolute Gasteiger partial charge is 0.219 e. The van der Waals surface area contributed by atoms with Gasteiger partial charge in [-0.15, -0.1) is 0 Å². The normalized spacial score (nSPS) is 8.88. The highest BCUT2D eigenvalue weighted by atomic mass is 32.2. The van der Waals surface area contributed by atoms with Crippen LogP contribution in [0, 0.1) is 0 Å². The lowest BCUT2D eigenvalue weighted by molar-refractivity contribution is -0.126. The Balaban J connectivity index is 3.32. The molecule has 0 aromatic rings. The predicted octanol–water partition coefficient (Wildman–Crippen LogP) is 0.0291. The molecule has 8 heavy (non-hydrogen) atoms. The SMILES string of the molecule is CC(=O)N(C)CSN. The molecule has 0 aromatic carbocycles. The summed E-state index contributed by atoms with van der Waals surface area (Å²) in [5, 5.41) is 5.09. The second kappa shape index (κ2) is 3.74. The third kappa shape index (κ3) is 2.87. The van der Waals surface area contributed by atoms with Crippen LogP contribution in [0.4, 0.5) is 0 Å². The summed E-state index contributed by atoms with van der Waals surface area (Å²) in [6, 6.07) is 0. The van der Waals surface area contributed by atoms with Gasteiger partial charge in [-0.2, -0.15) is 0 Å². The fourth-order valence-corrected chi connectivity index (χ4v) is 0.608. The van der Waals surface area contributed by atoms with Crippen molar-refractivity contribution in [3.63, 3.8) is 0 Å². The third-order valence-corrected chi connectivity index (χ3v) is 1.34. The molecule has 0 aliphatic rings. The summed E-state index contributed by atoms with van der Waals surface area (Å²) >= 11 is 1.14. The van der Waals surface area contributed by atoms with Crippen molar-refractivity contribution in [1.82, 2.24) is 4.90 Å². The zero-order valence-corrected chi connectivity index (χ0v) is 5.86. The van der Waals surface area contributed by atoms with Gasteiger partial charge < -0.3 is 4.90 Å². The van der Waals surface area contributed by atoms with Crippen LogP contribution in [-0.2, 0) is 4.79 Å². The number of rotatable bonds is 2. The molecule has 0 aliphatic heterocycles. The molecule has 0 bridgehead atoms. The Morgan fingerprint density at radius 1 is 1.88 bits per heavy atom. The maximum absolute atomic E-state index is 10.4. The van der Waals surface area contributed by atoms with E-state index in [-0.39, 0.29) is 5.91 Å². The molecule has 2 N–H and O–H groups in total. The van der Waals surface area contributed by atoms with Crippen LogP contribution in [0.25, 0.3) is 0 Å². The lowest BCUT2D eigenvalue weighted by Gasteiger charge is -2.10. The Labute approximate surface area is 53.4 Å². The van der Waals surface area contributed by atoms with E-state index in [4.69, 9.17) is 5.14 Å². The van der Waals surface area contributed by atoms with E-state index in [0.717, 1.165) is 11.9 Å². The van der Waals surface area contributed by atoms with Gasteiger partial charge in [-0.3, -0.25) is 9.93 Å². The van der Waals surface area contributed by atoms with Crippen molar-refractivity contribution < 1.29 is 4.79 Å². The summed E-state index contributed by atoms with van der Waals surface area (Å²) in [5.41, 5.74) is 0. The topological polar surface area (TPSA) is 46.3 Å². The quantitative estimate of drug-likeness (QED) is 0.428. The number of carbonyl (C=O) groups excluding carboxylic acids is 1. The zero-order valence-electron chi connectivity index (χ0n) is 5.05. The molecule has 0 fully saturated rings. The van der Waals surface area contributed by atoms with E-state index in [1.165, 1.54) is 6.92 Å². The Kier molecular flexibility index (Phi) is 3.64. The minimum Gasteiger partial charge on any atom is -0.335 e. The molecule has 0 aliphatic carbocycles. The Bertz CT molecular complexity index is 86.1. The largest absolute Gasteiger partial charge is 0.335 e. The number of nitrogens with two attached hydrogens (primary N) is 1. The number of hydrogen-bond donors (Lipinski definition) is 1. The van der Waals surface area contributed by atoms with E-state index in [2.05, 4.69) is 0 Å². The molecule has 0 rings (SSSR count). The molecule has 1 amide bonds. The minimum atomic E-state index is 0.0444. The summed E-state index contributed by atoms with van der Waals surface area (Å²) in [5.74, 6) is 0.609. The van der Waals surface area contributed by atoms with Crippen LogP contribution in [0.1, 0.15) is 6.92 Å². The maximum Gasteiger partial charge on any atom is 0.219 e. The van der Waals surface area contributed by atoms with Gasteiger partial charge in [0.2, 0.25) is 5.91 Å². The molecule has 0 atom stereocenters. The highest BCUT2D eigenvalue weighted by Crippen LogP contribution is 1.90. The summed E-state index contributed by atoms with van der Waals surface area (Å²) in [7, 11) is 1.71. The first-order valence-electron chi connectivity index (χ1n) is 2.22. The number of amides is 1. The van der Waals surface area contributed by atoms with Crippen molar-refractivity contribution in [2.45, 2.75) is 6.92 Å². The van der Waals surface area contributed by atoms with Gasteiger partial charge in [0.1, 0.15) is 0 Å². The fraction of sp³-hybridized carbons (Fsp3) is 0.750. The molecular weight excluding hydrogens is 124 g/mol. The van der Waals surface area contributed by atoms with E-state index < -0.39 is 0 Å². The van der Waals surface area contributed by atoms with Crippen molar-refractivity contribution in [3.8, 4) is 0 Å². The first-order valence-corrected chi connectivity index (χ1v) is 3.26. The molecule has 48 valence electrons. The average molecular weight is 134 g/mol. The lowest BCUT2D eigenvalue weighted by atomic mass is 10.6. The molecule has 0 aromatic heterocycles. The van der Waals surface area contributed by atoms with E-state index in [1.807, 2.05) is 0 Å². The van der Waals surface area contributed by atoms with Gasteiger partial charge in [0.15, 0.2) is 0 Å². The van der Waals surface area contributed by atoms with E-state index in [1.54, 1.807) is 11.9 Å². The molecule has 0 saturated carbocycles. The van der Waals surface area contributed by atoms with Gasteiger partial charge in [0.25, 0.3) is 0 Å². The molecule has 0 heterocycles. The van der Waals surface area contributed by atoms with Crippen LogP contribution < -0.4 is 5.14 Å². The Morgan fingerprint density at radius 2 is 2.38 bits per heavy atom. The maximum atomic E-state index is 10.4. The first-order chi connectivity index (χ1) is 3.68. The molecule has 4 heteroatoms. The third-order valence-electron chi connectivity index (χ3n) is 0.806. The van der Waals surface area contributed by atoms with Crippen LogP contribution in [0.5, 0.6) is 0 Å². The second-order valence-corrected chi connectivity index (χ2v) is 2.10. The van der Waals surface area contributed by atoms with Crippen molar-refractivity contribution in [2.75, 3.05) is 12.9 Å². The number of hydrogen-bond acceptors (Lipinski definition) is 3. The van der Waals surface area contributed by atoms with Gasteiger partial charge in [0.05, 0.1) is 5.88 Å². The molecule has 0 spiro atoms. The monoisotopic (exact) mass is 134 g/mol. The van der Waals surface area contributed by atoms with Crippen molar-refractivity contribution >= 4 is 17.9 Å². The molecule has 0 radical (unpaired) electrons. The summed E-state index contributed by atoms with van der Waals surface area (Å²) in [4.78, 5) is 11.9. The van der Waals surface area contributed by atoms with Gasteiger partial charge in [-0.25, -0.2) is 0 Å². The minimum absolute atomic E-state index is 0.0444.